The largest absolute Gasteiger partial charge is 0.344 e. The third kappa shape index (κ3) is 1.96. The molecule has 2 aromatic rings. The molecule has 0 atom stereocenters. The van der Waals surface area contributed by atoms with Crippen LogP contribution in [0.1, 0.15) is 30.9 Å². The molecule has 2 N–H and O–H groups in total. The summed E-state index contributed by atoms with van der Waals surface area (Å²) in [4.78, 5) is 0. The number of hydrogen-bond acceptors (Lipinski definition) is 1. The van der Waals surface area contributed by atoms with E-state index in [4.69, 9.17) is 17.3 Å². The van der Waals surface area contributed by atoms with Gasteiger partial charge < -0.3 is 10.3 Å². The van der Waals surface area contributed by atoms with Crippen LogP contribution in [0, 0.1) is 0 Å². The van der Waals surface area contributed by atoms with Crippen LogP contribution in [0.15, 0.2) is 24.4 Å². The van der Waals surface area contributed by atoms with Crippen molar-refractivity contribution in [1.29, 1.82) is 0 Å². The molecule has 0 spiro atoms. The highest BCUT2D eigenvalue weighted by molar-refractivity contribution is 6.35. The van der Waals surface area contributed by atoms with Gasteiger partial charge in [-0.25, -0.2) is 0 Å². The van der Waals surface area contributed by atoms with Crippen molar-refractivity contribution in [2.75, 3.05) is 6.54 Å². The smallest absolute Gasteiger partial charge is 0.0502 e. The van der Waals surface area contributed by atoms with Gasteiger partial charge in [0.25, 0.3) is 0 Å². The summed E-state index contributed by atoms with van der Waals surface area (Å²) in [6.45, 7) is 0.737. The van der Waals surface area contributed by atoms with Crippen molar-refractivity contribution in [3.63, 3.8) is 0 Å². The molecule has 0 bridgehead atoms. The molecule has 1 aliphatic rings. The maximum Gasteiger partial charge on any atom is 0.0502 e. The summed E-state index contributed by atoms with van der Waals surface area (Å²) < 4.78 is 2.40. The molecule has 0 aliphatic heterocycles. The van der Waals surface area contributed by atoms with Gasteiger partial charge in [-0.05, 0) is 49.9 Å². The number of aryl methyl sites for hydroxylation is 1. The molecule has 3 rings (SSSR count). The van der Waals surface area contributed by atoms with Crippen molar-refractivity contribution in [1.82, 2.24) is 4.57 Å². The highest BCUT2D eigenvalue weighted by Crippen LogP contribution is 2.40. The first-order valence-corrected chi connectivity index (χ1v) is 6.67. The number of fused-ring (bicyclic) bond motifs is 1. The van der Waals surface area contributed by atoms with E-state index < -0.39 is 0 Å². The second-order valence-electron chi connectivity index (χ2n) is 4.82. The van der Waals surface area contributed by atoms with E-state index in [-0.39, 0.29) is 0 Å². The van der Waals surface area contributed by atoms with Gasteiger partial charge in [0.1, 0.15) is 0 Å². The number of nitrogens with zero attached hydrogens (tertiary/aromatic N) is 1. The molecule has 1 heterocycles. The second-order valence-corrected chi connectivity index (χ2v) is 5.23. The minimum atomic E-state index is 0.697. The van der Waals surface area contributed by atoms with Crippen molar-refractivity contribution in [2.24, 2.45) is 5.73 Å². The van der Waals surface area contributed by atoms with E-state index >= 15 is 0 Å². The predicted molar refractivity (Wildman–Crippen MR) is 72.6 cm³/mol. The average molecular weight is 249 g/mol. The van der Waals surface area contributed by atoms with E-state index in [0.717, 1.165) is 24.4 Å². The molecule has 0 radical (unpaired) electrons. The molecule has 3 heteroatoms. The van der Waals surface area contributed by atoms with Gasteiger partial charge in [-0.15, -0.1) is 0 Å². The van der Waals surface area contributed by atoms with Crippen LogP contribution in [0.4, 0.5) is 0 Å². The number of halogens is 1. The number of aromatic nitrogens is 1. The molecular formula is C14H17ClN2. The lowest BCUT2D eigenvalue weighted by Crippen LogP contribution is -2.00. The van der Waals surface area contributed by atoms with Gasteiger partial charge >= 0.3 is 0 Å². The van der Waals surface area contributed by atoms with Crippen LogP contribution >= 0.6 is 11.6 Å². The molecular weight excluding hydrogens is 232 g/mol. The topological polar surface area (TPSA) is 30.9 Å². The molecule has 1 fully saturated rings. The molecule has 1 aromatic carbocycles. The van der Waals surface area contributed by atoms with Gasteiger partial charge in [0.15, 0.2) is 0 Å². The minimum Gasteiger partial charge on any atom is -0.344 e. The summed E-state index contributed by atoms with van der Waals surface area (Å²) in [7, 11) is 0. The van der Waals surface area contributed by atoms with Crippen LogP contribution < -0.4 is 5.73 Å². The van der Waals surface area contributed by atoms with Crippen molar-refractivity contribution in [3.05, 3.63) is 35.0 Å². The van der Waals surface area contributed by atoms with Crippen LogP contribution in [-0.4, -0.2) is 11.1 Å². The third-order valence-corrected chi connectivity index (χ3v) is 3.79. The van der Waals surface area contributed by atoms with E-state index in [1.807, 2.05) is 12.1 Å². The van der Waals surface area contributed by atoms with Crippen molar-refractivity contribution in [3.8, 4) is 0 Å². The fourth-order valence-corrected chi connectivity index (χ4v) is 2.78. The highest BCUT2D eigenvalue weighted by atomic mass is 35.5. The summed E-state index contributed by atoms with van der Waals surface area (Å²) in [5, 5.41) is 2.10. The molecule has 90 valence electrons. The fraction of sp³-hybridized carbons (Fsp3) is 0.429. The first kappa shape index (κ1) is 11.1. The minimum absolute atomic E-state index is 0.697. The Bertz CT molecular complexity index is 540. The van der Waals surface area contributed by atoms with Crippen LogP contribution in [-0.2, 0) is 6.42 Å². The van der Waals surface area contributed by atoms with Crippen LogP contribution in [0.5, 0.6) is 0 Å². The van der Waals surface area contributed by atoms with E-state index in [1.165, 1.54) is 29.3 Å². The summed E-state index contributed by atoms with van der Waals surface area (Å²) in [6, 6.07) is 6.89. The zero-order valence-electron chi connectivity index (χ0n) is 9.82. The Morgan fingerprint density at radius 1 is 1.35 bits per heavy atom. The third-order valence-electron chi connectivity index (χ3n) is 3.48. The van der Waals surface area contributed by atoms with Gasteiger partial charge in [-0.1, -0.05) is 17.7 Å². The number of hydrogen-bond donors (Lipinski definition) is 1. The number of benzene rings is 1. The summed E-state index contributed by atoms with van der Waals surface area (Å²) in [5.74, 6) is 0. The zero-order chi connectivity index (χ0) is 11.8. The Hall–Kier alpha value is -0.990. The van der Waals surface area contributed by atoms with E-state index in [1.54, 1.807) is 0 Å². The van der Waals surface area contributed by atoms with E-state index in [2.05, 4.69) is 16.8 Å². The summed E-state index contributed by atoms with van der Waals surface area (Å²) >= 11 is 6.33. The molecule has 0 unspecified atom stereocenters. The van der Waals surface area contributed by atoms with E-state index in [0.29, 0.717) is 6.04 Å². The van der Waals surface area contributed by atoms with Crippen LogP contribution in [0.3, 0.4) is 0 Å². The van der Waals surface area contributed by atoms with Gasteiger partial charge in [0.05, 0.1) is 10.5 Å². The Morgan fingerprint density at radius 3 is 2.88 bits per heavy atom. The predicted octanol–water partition coefficient (Wildman–Crippen LogP) is 3.52. The maximum atomic E-state index is 6.33. The monoisotopic (exact) mass is 248 g/mol. The molecule has 0 amide bonds. The molecule has 1 saturated carbocycles. The molecule has 1 aliphatic carbocycles. The molecule has 17 heavy (non-hydrogen) atoms. The van der Waals surface area contributed by atoms with Gasteiger partial charge in [0.2, 0.25) is 0 Å². The molecule has 2 nitrogen and oxygen atoms in total. The number of nitrogens with two attached hydrogens (primary N) is 1. The first-order valence-electron chi connectivity index (χ1n) is 6.29. The normalized spacial score (nSPS) is 15.6. The second kappa shape index (κ2) is 4.35. The zero-order valence-corrected chi connectivity index (χ0v) is 10.6. The lowest BCUT2D eigenvalue weighted by molar-refractivity contribution is 0.764. The SMILES string of the molecule is NCCCc1cn(C2CC2)c2cccc(Cl)c12. The van der Waals surface area contributed by atoms with Crippen molar-refractivity contribution < 1.29 is 0 Å². The van der Waals surface area contributed by atoms with Gasteiger partial charge in [-0.2, -0.15) is 0 Å². The quantitative estimate of drug-likeness (QED) is 0.882. The van der Waals surface area contributed by atoms with E-state index in [9.17, 15) is 0 Å². The fourth-order valence-electron chi connectivity index (χ4n) is 2.48. The van der Waals surface area contributed by atoms with Gasteiger partial charge in [0, 0.05) is 17.6 Å². The van der Waals surface area contributed by atoms with Crippen molar-refractivity contribution in [2.45, 2.75) is 31.7 Å². The van der Waals surface area contributed by atoms with Crippen LogP contribution in [0.25, 0.3) is 10.9 Å². The Morgan fingerprint density at radius 2 is 2.18 bits per heavy atom. The number of rotatable bonds is 4. The average Bonchev–Trinajstić information content (AvgIpc) is 3.10. The Kier molecular flexibility index (Phi) is 2.85. The summed E-state index contributed by atoms with van der Waals surface area (Å²) in [6.07, 6.45) is 6.93. The lowest BCUT2D eigenvalue weighted by Gasteiger charge is -2.02. The Balaban J connectivity index is 2.13. The van der Waals surface area contributed by atoms with Gasteiger partial charge in [-0.3, -0.25) is 0 Å². The van der Waals surface area contributed by atoms with Crippen LogP contribution in [0.2, 0.25) is 5.02 Å². The maximum absolute atomic E-state index is 6.33. The molecule has 0 saturated heterocycles. The first-order chi connectivity index (χ1) is 8.31. The van der Waals surface area contributed by atoms with Crippen molar-refractivity contribution >= 4 is 22.5 Å². The Labute approximate surface area is 106 Å². The lowest BCUT2D eigenvalue weighted by atomic mass is 10.1. The summed E-state index contributed by atoms with van der Waals surface area (Å²) in [5.41, 5.74) is 8.23. The standard InChI is InChI=1S/C14H17ClN2/c15-12-4-1-5-13-14(12)10(3-2-8-16)9-17(13)11-6-7-11/h1,4-5,9,11H,2-3,6-8,16H2. The highest BCUT2D eigenvalue weighted by Gasteiger charge is 2.26. The molecule has 1 aromatic heterocycles.